The highest BCUT2D eigenvalue weighted by Crippen LogP contribution is 2.15. The Morgan fingerprint density at radius 2 is 2.00 bits per heavy atom. The summed E-state index contributed by atoms with van der Waals surface area (Å²) in [5.74, 6) is 0.266. The standard InChI is InChI=1S/C19H29N5O/c1-3-24-16-18(14-20-24)15-21-7-6-10-23(12-11-21)19(25)13-17(2)22-8-4-5-9-22/h4-5,8-9,14,16-17H,3,6-7,10-13,15H2,1-2H3. The number of rotatable bonds is 6. The Labute approximate surface area is 150 Å². The van der Waals surface area contributed by atoms with Gasteiger partial charge in [0.2, 0.25) is 5.91 Å². The molecule has 0 aromatic carbocycles. The summed E-state index contributed by atoms with van der Waals surface area (Å²) in [5.41, 5.74) is 1.25. The molecule has 6 heteroatoms. The van der Waals surface area contributed by atoms with Gasteiger partial charge in [-0.2, -0.15) is 5.10 Å². The highest BCUT2D eigenvalue weighted by atomic mass is 16.2. The molecule has 0 aliphatic carbocycles. The first-order valence-electron chi connectivity index (χ1n) is 9.29. The molecule has 3 rings (SSSR count). The number of carbonyl (C=O) groups excluding carboxylic acids is 1. The molecule has 0 radical (unpaired) electrons. The maximum atomic E-state index is 12.6. The summed E-state index contributed by atoms with van der Waals surface area (Å²) in [6, 6.07) is 4.22. The molecular formula is C19H29N5O. The Hall–Kier alpha value is -2.08. The van der Waals surface area contributed by atoms with Crippen LogP contribution in [0.4, 0.5) is 0 Å². The minimum absolute atomic E-state index is 0.210. The third kappa shape index (κ3) is 4.72. The minimum Gasteiger partial charge on any atom is -0.351 e. The molecule has 1 saturated heterocycles. The van der Waals surface area contributed by atoms with Crippen molar-refractivity contribution in [1.29, 1.82) is 0 Å². The number of nitrogens with zero attached hydrogens (tertiary/aromatic N) is 5. The van der Waals surface area contributed by atoms with Crippen molar-refractivity contribution in [3.05, 3.63) is 42.5 Å². The molecule has 2 aromatic heterocycles. The number of aromatic nitrogens is 3. The average Bonchev–Trinajstić information content (AvgIpc) is 3.24. The van der Waals surface area contributed by atoms with Crippen molar-refractivity contribution < 1.29 is 4.79 Å². The summed E-state index contributed by atoms with van der Waals surface area (Å²) in [4.78, 5) is 17.1. The molecule has 1 unspecified atom stereocenters. The molecule has 1 aliphatic rings. The van der Waals surface area contributed by atoms with Crippen LogP contribution in [0.25, 0.3) is 0 Å². The Morgan fingerprint density at radius 3 is 2.72 bits per heavy atom. The van der Waals surface area contributed by atoms with Gasteiger partial charge in [0.1, 0.15) is 0 Å². The smallest absolute Gasteiger partial charge is 0.224 e. The first-order valence-corrected chi connectivity index (χ1v) is 9.29. The minimum atomic E-state index is 0.210. The molecule has 3 heterocycles. The number of amides is 1. The topological polar surface area (TPSA) is 46.3 Å². The SMILES string of the molecule is CCn1cc(CN2CCCN(C(=O)CC(C)n3cccc3)CC2)cn1. The van der Waals surface area contributed by atoms with E-state index in [2.05, 4.69) is 34.6 Å². The van der Waals surface area contributed by atoms with E-state index in [-0.39, 0.29) is 11.9 Å². The first kappa shape index (κ1) is 17.7. The van der Waals surface area contributed by atoms with Gasteiger partial charge in [0.05, 0.1) is 6.20 Å². The van der Waals surface area contributed by atoms with Gasteiger partial charge in [0.25, 0.3) is 0 Å². The molecule has 1 fully saturated rings. The molecule has 1 atom stereocenters. The third-order valence-corrected chi connectivity index (χ3v) is 4.96. The van der Waals surface area contributed by atoms with E-state index < -0.39 is 0 Å². The zero-order chi connectivity index (χ0) is 17.6. The first-order chi connectivity index (χ1) is 12.2. The van der Waals surface area contributed by atoms with E-state index in [0.29, 0.717) is 6.42 Å². The predicted molar refractivity (Wildman–Crippen MR) is 98.1 cm³/mol. The van der Waals surface area contributed by atoms with Crippen molar-refractivity contribution in [1.82, 2.24) is 24.1 Å². The van der Waals surface area contributed by atoms with E-state index in [1.165, 1.54) is 5.56 Å². The van der Waals surface area contributed by atoms with Crippen molar-refractivity contribution in [2.75, 3.05) is 26.2 Å². The van der Waals surface area contributed by atoms with Gasteiger partial charge in [-0.15, -0.1) is 0 Å². The van der Waals surface area contributed by atoms with Gasteiger partial charge >= 0.3 is 0 Å². The van der Waals surface area contributed by atoms with E-state index >= 15 is 0 Å². The normalized spacial score (nSPS) is 17.4. The summed E-state index contributed by atoms with van der Waals surface area (Å²) in [6.45, 7) is 9.67. The molecule has 0 saturated carbocycles. The Kier molecular flexibility index (Phi) is 5.91. The van der Waals surface area contributed by atoms with Crippen molar-refractivity contribution in [3.63, 3.8) is 0 Å². The molecule has 0 bridgehead atoms. The highest BCUT2D eigenvalue weighted by molar-refractivity contribution is 5.76. The van der Waals surface area contributed by atoms with Crippen molar-refractivity contribution in [2.24, 2.45) is 0 Å². The quantitative estimate of drug-likeness (QED) is 0.809. The summed E-state index contributed by atoms with van der Waals surface area (Å²) >= 11 is 0. The van der Waals surface area contributed by atoms with E-state index in [9.17, 15) is 4.79 Å². The van der Waals surface area contributed by atoms with Gasteiger partial charge < -0.3 is 9.47 Å². The lowest BCUT2D eigenvalue weighted by Crippen LogP contribution is -2.36. The lowest BCUT2D eigenvalue weighted by Gasteiger charge is -2.23. The molecule has 136 valence electrons. The summed E-state index contributed by atoms with van der Waals surface area (Å²) in [5, 5.41) is 4.35. The van der Waals surface area contributed by atoms with Crippen LogP contribution in [-0.2, 0) is 17.9 Å². The second kappa shape index (κ2) is 8.34. The fraction of sp³-hybridized carbons (Fsp3) is 0.579. The summed E-state index contributed by atoms with van der Waals surface area (Å²) < 4.78 is 4.07. The van der Waals surface area contributed by atoms with Gasteiger partial charge in [0, 0.05) is 75.9 Å². The van der Waals surface area contributed by atoms with Crippen LogP contribution in [0.5, 0.6) is 0 Å². The molecule has 0 spiro atoms. The van der Waals surface area contributed by atoms with Crippen LogP contribution in [0.1, 0.15) is 38.3 Å². The number of hydrogen-bond acceptors (Lipinski definition) is 3. The highest BCUT2D eigenvalue weighted by Gasteiger charge is 2.21. The molecule has 2 aromatic rings. The summed E-state index contributed by atoms with van der Waals surface area (Å²) in [7, 11) is 0. The molecular weight excluding hydrogens is 314 g/mol. The van der Waals surface area contributed by atoms with Crippen LogP contribution in [0.2, 0.25) is 0 Å². The van der Waals surface area contributed by atoms with Gasteiger partial charge in [-0.05, 0) is 32.4 Å². The third-order valence-electron chi connectivity index (χ3n) is 4.96. The largest absolute Gasteiger partial charge is 0.351 e. The molecule has 1 aliphatic heterocycles. The zero-order valence-electron chi connectivity index (χ0n) is 15.3. The van der Waals surface area contributed by atoms with Crippen LogP contribution < -0.4 is 0 Å². The van der Waals surface area contributed by atoms with Crippen LogP contribution in [-0.4, -0.2) is 56.2 Å². The fourth-order valence-corrected chi connectivity index (χ4v) is 3.43. The molecule has 0 N–H and O–H groups in total. The van der Waals surface area contributed by atoms with Gasteiger partial charge in [-0.1, -0.05) is 0 Å². The van der Waals surface area contributed by atoms with E-state index in [4.69, 9.17) is 0 Å². The maximum Gasteiger partial charge on any atom is 0.224 e. The van der Waals surface area contributed by atoms with Crippen LogP contribution in [0.15, 0.2) is 36.9 Å². The van der Waals surface area contributed by atoms with Crippen molar-refractivity contribution >= 4 is 5.91 Å². The lowest BCUT2D eigenvalue weighted by atomic mass is 10.2. The van der Waals surface area contributed by atoms with Gasteiger partial charge in [-0.25, -0.2) is 0 Å². The summed E-state index contributed by atoms with van der Waals surface area (Å²) in [6.07, 6.45) is 9.73. The second-order valence-electron chi connectivity index (χ2n) is 6.90. The Bertz CT molecular complexity index is 663. The maximum absolute atomic E-state index is 12.6. The number of hydrogen-bond donors (Lipinski definition) is 0. The lowest BCUT2D eigenvalue weighted by molar-refractivity contribution is -0.131. The number of aryl methyl sites for hydroxylation is 1. The number of carbonyl (C=O) groups is 1. The second-order valence-corrected chi connectivity index (χ2v) is 6.90. The molecule has 6 nitrogen and oxygen atoms in total. The van der Waals surface area contributed by atoms with Crippen LogP contribution in [0.3, 0.4) is 0 Å². The molecule has 25 heavy (non-hydrogen) atoms. The van der Waals surface area contributed by atoms with Crippen LogP contribution >= 0.6 is 0 Å². The average molecular weight is 343 g/mol. The van der Waals surface area contributed by atoms with Crippen LogP contribution in [0, 0.1) is 0 Å². The Balaban J connectivity index is 1.49. The van der Waals surface area contributed by atoms with Crippen molar-refractivity contribution in [3.8, 4) is 0 Å². The van der Waals surface area contributed by atoms with Crippen molar-refractivity contribution in [2.45, 2.75) is 45.8 Å². The predicted octanol–water partition coefficient (Wildman–Crippen LogP) is 2.39. The monoisotopic (exact) mass is 343 g/mol. The van der Waals surface area contributed by atoms with E-state index in [1.54, 1.807) is 0 Å². The van der Waals surface area contributed by atoms with Gasteiger partial charge in [-0.3, -0.25) is 14.4 Å². The van der Waals surface area contributed by atoms with E-state index in [1.807, 2.05) is 40.3 Å². The zero-order valence-corrected chi connectivity index (χ0v) is 15.3. The van der Waals surface area contributed by atoms with E-state index in [0.717, 1.165) is 45.7 Å². The molecule has 1 amide bonds. The van der Waals surface area contributed by atoms with Gasteiger partial charge in [0.15, 0.2) is 0 Å². The fourth-order valence-electron chi connectivity index (χ4n) is 3.43. The Morgan fingerprint density at radius 1 is 1.20 bits per heavy atom.